The van der Waals surface area contributed by atoms with Gasteiger partial charge in [0.15, 0.2) is 0 Å². The van der Waals surface area contributed by atoms with E-state index in [0.29, 0.717) is 38.5 Å². The highest BCUT2D eigenvalue weighted by Gasteiger charge is 2.26. The van der Waals surface area contributed by atoms with E-state index in [2.05, 4.69) is 10.4 Å². The number of rotatable bonds is 7. The van der Waals surface area contributed by atoms with Gasteiger partial charge in [-0.05, 0) is 13.0 Å². The third-order valence-corrected chi connectivity index (χ3v) is 3.52. The number of morpholine rings is 1. The van der Waals surface area contributed by atoms with Crippen molar-refractivity contribution in [1.29, 1.82) is 0 Å². The van der Waals surface area contributed by atoms with Gasteiger partial charge >= 0.3 is 0 Å². The molecule has 1 fully saturated rings. The van der Waals surface area contributed by atoms with Crippen LogP contribution in [0, 0.1) is 0 Å². The lowest BCUT2D eigenvalue weighted by Gasteiger charge is -2.32. The SMILES string of the molecule is CCn1nccc1C(=O)NCC1CN(CCOC)C(=O)CO1. The summed E-state index contributed by atoms with van der Waals surface area (Å²) in [5.74, 6) is -0.244. The van der Waals surface area contributed by atoms with E-state index in [1.807, 2.05) is 6.92 Å². The highest BCUT2D eigenvalue weighted by molar-refractivity contribution is 5.92. The Kier molecular flexibility index (Phi) is 5.91. The largest absolute Gasteiger partial charge is 0.383 e. The second-order valence-corrected chi connectivity index (χ2v) is 5.01. The first-order valence-electron chi connectivity index (χ1n) is 7.34. The molecule has 0 saturated carbocycles. The maximum atomic E-state index is 12.1. The molecule has 1 unspecified atom stereocenters. The van der Waals surface area contributed by atoms with Gasteiger partial charge in [-0.1, -0.05) is 0 Å². The third-order valence-electron chi connectivity index (χ3n) is 3.52. The minimum absolute atomic E-state index is 0.0388. The maximum Gasteiger partial charge on any atom is 0.269 e. The minimum Gasteiger partial charge on any atom is -0.383 e. The zero-order valence-corrected chi connectivity index (χ0v) is 12.9. The minimum atomic E-state index is -0.212. The van der Waals surface area contributed by atoms with Crippen molar-refractivity contribution < 1.29 is 19.1 Å². The van der Waals surface area contributed by atoms with Crippen LogP contribution in [0.1, 0.15) is 17.4 Å². The summed E-state index contributed by atoms with van der Waals surface area (Å²) in [5, 5.41) is 6.89. The third kappa shape index (κ3) is 4.05. The lowest BCUT2D eigenvalue weighted by molar-refractivity contribution is -0.149. The molecule has 1 aliphatic heterocycles. The van der Waals surface area contributed by atoms with Crippen molar-refractivity contribution in [2.75, 3.05) is 40.0 Å². The van der Waals surface area contributed by atoms with Crippen LogP contribution in [0.4, 0.5) is 0 Å². The molecule has 8 heteroatoms. The average Bonchev–Trinajstić information content (AvgIpc) is 3.01. The van der Waals surface area contributed by atoms with E-state index >= 15 is 0 Å². The van der Waals surface area contributed by atoms with Crippen LogP contribution in [0.3, 0.4) is 0 Å². The monoisotopic (exact) mass is 310 g/mol. The highest BCUT2D eigenvalue weighted by atomic mass is 16.5. The van der Waals surface area contributed by atoms with Gasteiger partial charge in [0.05, 0.1) is 12.7 Å². The number of aromatic nitrogens is 2. The van der Waals surface area contributed by atoms with E-state index in [1.165, 1.54) is 0 Å². The number of methoxy groups -OCH3 is 1. The molecule has 0 aromatic carbocycles. The Labute approximate surface area is 129 Å². The number of nitrogens with zero attached hydrogens (tertiary/aromatic N) is 3. The van der Waals surface area contributed by atoms with E-state index in [0.717, 1.165) is 0 Å². The molecular formula is C14H22N4O4. The van der Waals surface area contributed by atoms with E-state index < -0.39 is 0 Å². The average molecular weight is 310 g/mol. The normalized spacial score (nSPS) is 18.5. The summed E-state index contributed by atoms with van der Waals surface area (Å²) in [5.41, 5.74) is 0.519. The number of carbonyl (C=O) groups is 2. The zero-order chi connectivity index (χ0) is 15.9. The van der Waals surface area contributed by atoms with Crippen molar-refractivity contribution in [3.05, 3.63) is 18.0 Å². The Morgan fingerprint density at radius 2 is 2.41 bits per heavy atom. The summed E-state index contributed by atoms with van der Waals surface area (Å²) in [4.78, 5) is 25.5. The van der Waals surface area contributed by atoms with Crippen LogP contribution in [0.15, 0.2) is 12.3 Å². The summed E-state index contributed by atoms with van der Waals surface area (Å²) in [7, 11) is 1.60. The first-order valence-corrected chi connectivity index (χ1v) is 7.34. The van der Waals surface area contributed by atoms with Crippen molar-refractivity contribution in [1.82, 2.24) is 20.0 Å². The molecule has 0 bridgehead atoms. The van der Waals surface area contributed by atoms with Gasteiger partial charge in [-0.15, -0.1) is 0 Å². The van der Waals surface area contributed by atoms with Crippen LogP contribution < -0.4 is 5.32 Å². The molecule has 1 N–H and O–H groups in total. The Morgan fingerprint density at radius 3 is 3.14 bits per heavy atom. The molecule has 2 heterocycles. The van der Waals surface area contributed by atoms with Gasteiger partial charge in [0.2, 0.25) is 5.91 Å². The van der Waals surface area contributed by atoms with Gasteiger partial charge in [-0.25, -0.2) is 0 Å². The Morgan fingerprint density at radius 1 is 1.59 bits per heavy atom. The van der Waals surface area contributed by atoms with E-state index in [9.17, 15) is 9.59 Å². The quantitative estimate of drug-likeness (QED) is 0.734. The molecule has 1 aromatic rings. The molecule has 2 amide bonds. The molecule has 1 atom stereocenters. The molecule has 1 saturated heterocycles. The molecular weight excluding hydrogens is 288 g/mol. The topological polar surface area (TPSA) is 85.7 Å². The first kappa shape index (κ1) is 16.4. The molecule has 22 heavy (non-hydrogen) atoms. The van der Waals surface area contributed by atoms with Gasteiger partial charge < -0.3 is 19.7 Å². The Balaban J connectivity index is 1.83. The molecule has 0 radical (unpaired) electrons. The fourth-order valence-corrected chi connectivity index (χ4v) is 2.30. The summed E-state index contributed by atoms with van der Waals surface area (Å²) in [6.45, 7) is 4.42. The number of nitrogens with one attached hydrogen (secondary N) is 1. The summed E-state index contributed by atoms with van der Waals surface area (Å²) in [6, 6.07) is 1.68. The van der Waals surface area contributed by atoms with Gasteiger partial charge in [0, 0.05) is 39.5 Å². The van der Waals surface area contributed by atoms with Crippen LogP contribution in [0.2, 0.25) is 0 Å². The molecule has 1 aliphatic rings. The van der Waals surface area contributed by atoms with E-state index in [4.69, 9.17) is 9.47 Å². The lowest BCUT2D eigenvalue weighted by Crippen LogP contribution is -2.51. The molecule has 122 valence electrons. The van der Waals surface area contributed by atoms with Gasteiger partial charge in [-0.3, -0.25) is 14.3 Å². The first-order chi connectivity index (χ1) is 10.7. The number of hydrogen-bond acceptors (Lipinski definition) is 5. The van der Waals surface area contributed by atoms with Crippen LogP contribution in [-0.4, -0.2) is 72.6 Å². The fraction of sp³-hybridized carbons (Fsp3) is 0.643. The highest BCUT2D eigenvalue weighted by Crippen LogP contribution is 2.06. The Bertz CT molecular complexity index is 517. The number of aryl methyl sites for hydroxylation is 1. The van der Waals surface area contributed by atoms with Crippen molar-refractivity contribution in [3.63, 3.8) is 0 Å². The maximum absolute atomic E-state index is 12.1. The van der Waals surface area contributed by atoms with Crippen molar-refractivity contribution in [3.8, 4) is 0 Å². The van der Waals surface area contributed by atoms with Crippen molar-refractivity contribution >= 4 is 11.8 Å². The molecule has 0 spiro atoms. The molecule has 1 aromatic heterocycles. The summed E-state index contributed by atoms with van der Waals surface area (Å²) < 4.78 is 12.1. The molecule has 2 rings (SSSR count). The summed E-state index contributed by atoms with van der Waals surface area (Å²) in [6.07, 6.45) is 1.39. The van der Waals surface area contributed by atoms with E-state index in [1.54, 1.807) is 29.0 Å². The van der Waals surface area contributed by atoms with Crippen LogP contribution in [0.5, 0.6) is 0 Å². The number of amides is 2. The second-order valence-electron chi connectivity index (χ2n) is 5.01. The van der Waals surface area contributed by atoms with E-state index in [-0.39, 0.29) is 24.5 Å². The standard InChI is InChI=1S/C14H22N4O4/c1-3-18-12(4-5-16-18)14(20)15-8-11-9-17(6-7-21-2)13(19)10-22-11/h4-5,11H,3,6-10H2,1-2H3,(H,15,20). The number of ether oxygens (including phenoxy) is 2. The van der Waals surface area contributed by atoms with Crippen LogP contribution in [-0.2, 0) is 20.8 Å². The van der Waals surface area contributed by atoms with Gasteiger partial charge in [-0.2, -0.15) is 5.10 Å². The Hall–Kier alpha value is -1.93. The predicted molar refractivity (Wildman–Crippen MR) is 78.4 cm³/mol. The van der Waals surface area contributed by atoms with Crippen LogP contribution in [0.25, 0.3) is 0 Å². The van der Waals surface area contributed by atoms with Crippen molar-refractivity contribution in [2.24, 2.45) is 0 Å². The van der Waals surface area contributed by atoms with Gasteiger partial charge in [0.1, 0.15) is 12.3 Å². The lowest BCUT2D eigenvalue weighted by atomic mass is 10.2. The summed E-state index contributed by atoms with van der Waals surface area (Å²) >= 11 is 0. The number of carbonyl (C=O) groups excluding carboxylic acids is 2. The zero-order valence-electron chi connectivity index (χ0n) is 12.9. The van der Waals surface area contributed by atoms with Gasteiger partial charge in [0.25, 0.3) is 5.91 Å². The predicted octanol–water partition coefficient (Wildman–Crippen LogP) is -0.493. The number of hydrogen-bond donors (Lipinski definition) is 1. The molecule has 0 aliphatic carbocycles. The molecule has 8 nitrogen and oxygen atoms in total. The smallest absolute Gasteiger partial charge is 0.269 e. The van der Waals surface area contributed by atoms with Crippen molar-refractivity contribution in [2.45, 2.75) is 19.6 Å². The van der Waals surface area contributed by atoms with Crippen LogP contribution >= 0.6 is 0 Å². The fourth-order valence-electron chi connectivity index (χ4n) is 2.30. The second kappa shape index (κ2) is 7.90.